The summed E-state index contributed by atoms with van der Waals surface area (Å²) < 4.78 is 2.19. The molecule has 3 aromatic carbocycles. The van der Waals surface area contributed by atoms with Gasteiger partial charge in [-0.25, -0.2) is 4.98 Å². The Bertz CT molecular complexity index is 1040. The number of fused-ring (bicyclic) bond motifs is 2. The van der Waals surface area contributed by atoms with Gasteiger partial charge in [0.2, 0.25) is 16.7 Å². The topological polar surface area (TPSA) is 68.8 Å². The lowest BCUT2D eigenvalue weighted by atomic mass is 10.1. The van der Waals surface area contributed by atoms with E-state index in [4.69, 9.17) is 16.5 Å². The van der Waals surface area contributed by atoms with Crippen LogP contribution in [-0.4, -0.2) is 4.98 Å². The number of nitrogen functional groups attached to an aromatic ring is 1. The summed E-state index contributed by atoms with van der Waals surface area (Å²) in [5, 5.41) is 0. The zero-order valence-electron chi connectivity index (χ0n) is 13.5. The van der Waals surface area contributed by atoms with Crippen LogP contribution >= 0.6 is 0 Å². The number of aromatic nitrogens is 2. The van der Waals surface area contributed by atoms with E-state index in [2.05, 4.69) is 22.8 Å². The molecule has 1 aromatic heterocycles. The van der Waals surface area contributed by atoms with Crippen LogP contribution in [-0.2, 0) is 0 Å². The number of nitrogens with zero attached hydrogens (tertiary/aromatic N) is 2. The van der Waals surface area contributed by atoms with E-state index in [-0.39, 0.29) is 6.04 Å². The van der Waals surface area contributed by atoms with Gasteiger partial charge in [-0.1, -0.05) is 24.3 Å². The quantitative estimate of drug-likeness (QED) is 0.339. The first-order valence-electron chi connectivity index (χ1n) is 7.99. The van der Waals surface area contributed by atoms with Crippen LogP contribution in [0.25, 0.3) is 27.8 Å². The predicted octanol–water partition coefficient (Wildman–Crippen LogP) is 3.27. The lowest BCUT2D eigenvalue weighted by Gasteiger charge is -2.09. The van der Waals surface area contributed by atoms with Crippen molar-refractivity contribution >= 4 is 27.8 Å². The maximum Gasteiger partial charge on any atom is 0.239 e. The summed E-state index contributed by atoms with van der Waals surface area (Å²) in [4.78, 5) is 4.79. The Labute approximate surface area is 140 Å². The fraction of sp³-hybridized carbons (Fsp3) is 0.100. The Kier molecular flexibility index (Phi) is 3.40. The standard InChI is InChI=1S/C20H18N4/c1-13(21)14-7-9-17-19(11-14)24(16-5-3-2-4-6-16)20-12-15(22)8-10-18(20)23-17/h2-13,22H,21H2,1H3/p+1. The lowest BCUT2D eigenvalue weighted by molar-refractivity contribution is -0.538. The summed E-state index contributed by atoms with van der Waals surface area (Å²) in [5.74, 6) is 0. The third-order valence-electron chi connectivity index (χ3n) is 4.26. The van der Waals surface area contributed by atoms with E-state index in [1.807, 2.05) is 55.5 Å². The number of hydrogen-bond donors (Lipinski definition) is 2. The first-order valence-corrected chi connectivity index (χ1v) is 7.99. The maximum atomic E-state index is 6.08. The number of nitrogens with two attached hydrogens (primary N) is 2. The Morgan fingerprint density at radius 1 is 0.875 bits per heavy atom. The fourth-order valence-electron chi connectivity index (χ4n) is 3.03. The summed E-state index contributed by atoms with van der Waals surface area (Å²) in [6.07, 6.45) is 0. The van der Waals surface area contributed by atoms with Crippen LogP contribution in [0.1, 0.15) is 18.5 Å². The molecule has 118 valence electrons. The van der Waals surface area contributed by atoms with E-state index in [1.54, 1.807) is 0 Å². The fourth-order valence-corrected chi connectivity index (χ4v) is 3.03. The van der Waals surface area contributed by atoms with Gasteiger partial charge >= 0.3 is 0 Å². The van der Waals surface area contributed by atoms with E-state index in [9.17, 15) is 0 Å². The van der Waals surface area contributed by atoms with Crippen LogP contribution in [0.15, 0.2) is 66.7 Å². The maximum absolute atomic E-state index is 6.08. The molecule has 0 bridgehead atoms. The highest BCUT2D eigenvalue weighted by Gasteiger charge is 2.20. The van der Waals surface area contributed by atoms with Crippen molar-refractivity contribution in [3.05, 3.63) is 72.3 Å². The van der Waals surface area contributed by atoms with E-state index < -0.39 is 0 Å². The van der Waals surface area contributed by atoms with Crippen LogP contribution in [0.4, 0.5) is 5.69 Å². The minimum Gasteiger partial charge on any atom is -0.399 e. The van der Waals surface area contributed by atoms with Crippen molar-refractivity contribution < 1.29 is 4.57 Å². The van der Waals surface area contributed by atoms with Crippen molar-refractivity contribution in [2.24, 2.45) is 5.73 Å². The highest BCUT2D eigenvalue weighted by Crippen LogP contribution is 2.22. The number of rotatable bonds is 2. The smallest absolute Gasteiger partial charge is 0.239 e. The van der Waals surface area contributed by atoms with Crippen molar-refractivity contribution in [2.75, 3.05) is 5.73 Å². The highest BCUT2D eigenvalue weighted by atomic mass is 15.0. The van der Waals surface area contributed by atoms with Crippen LogP contribution in [0, 0.1) is 0 Å². The zero-order valence-corrected chi connectivity index (χ0v) is 13.5. The second kappa shape index (κ2) is 5.58. The van der Waals surface area contributed by atoms with Gasteiger partial charge in [0.1, 0.15) is 11.0 Å². The monoisotopic (exact) mass is 315 g/mol. The van der Waals surface area contributed by atoms with Gasteiger partial charge < -0.3 is 11.5 Å². The zero-order chi connectivity index (χ0) is 16.7. The number of hydrogen-bond acceptors (Lipinski definition) is 3. The Hall–Kier alpha value is -2.98. The molecule has 4 nitrogen and oxygen atoms in total. The molecule has 4 rings (SSSR count). The van der Waals surface area contributed by atoms with Crippen molar-refractivity contribution in [3.63, 3.8) is 0 Å². The first-order chi connectivity index (χ1) is 11.6. The minimum atomic E-state index is -0.0323. The normalized spacial score (nSPS) is 12.6. The highest BCUT2D eigenvalue weighted by molar-refractivity contribution is 5.84. The molecule has 0 amide bonds. The Morgan fingerprint density at radius 3 is 2.25 bits per heavy atom. The summed E-state index contributed by atoms with van der Waals surface area (Å²) in [6.45, 7) is 1.99. The molecule has 4 N–H and O–H groups in total. The van der Waals surface area contributed by atoms with E-state index in [0.29, 0.717) is 0 Å². The first kappa shape index (κ1) is 14.6. The van der Waals surface area contributed by atoms with E-state index >= 15 is 0 Å². The van der Waals surface area contributed by atoms with Crippen molar-refractivity contribution in [1.29, 1.82) is 0 Å². The Balaban J connectivity index is 2.19. The molecule has 4 heteroatoms. The Morgan fingerprint density at radius 2 is 1.54 bits per heavy atom. The van der Waals surface area contributed by atoms with Gasteiger partial charge in [-0.2, -0.15) is 0 Å². The minimum absolute atomic E-state index is 0.0323. The molecule has 0 aliphatic carbocycles. The molecule has 1 unspecified atom stereocenters. The molecule has 1 atom stereocenters. The second-order valence-corrected chi connectivity index (χ2v) is 6.07. The van der Waals surface area contributed by atoms with Crippen LogP contribution in [0.2, 0.25) is 0 Å². The van der Waals surface area contributed by atoms with Crippen molar-refractivity contribution in [1.82, 2.24) is 4.98 Å². The second-order valence-electron chi connectivity index (χ2n) is 6.07. The molecule has 0 saturated carbocycles. The summed E-state index contributed by atoms with van der Waals surface area (Å²) in [7, 11) is 0. The molecular formula is C20H19N4+. The van der Waals surface area contributed by atoms with Crippen LogP contribution in [0.5, 0.6) is 0 Å². The summed E-state index contributed by atoms with van der Waals surface area (Å²) >= 11 is 0. The van der Waals surface area contributed by atoms with E-state index in [0.717, 1.165) is 39.0 Å². The number of anilines is 1. The number of para-hydroxylation sites is 1. The van der Waals surface area contributed by atoms with Crippen molar-refractivity contribution in [2.45, 2.75) is 13.0 Å². The summed E-state index contributed by atoms with van der Waals surface area (Å²) in [6, 6.07) is 22.2. The average molecular weight is 315 g/mol. The number of benzene rings is 3. The molecule has 0 radical (unpaired) electrons. The molecule has 0 fully saturated rings. The molecule has 0 aliphatic rings. The SMILES string of the molecule is CC(N)c1ccc2nc3ccc(N)cc3[n+](-c3ccccc3)c2c1. The van der Waals surface area contributed by atoms with Gasteiger partial charge in [0.25, 0.3) is 0 Å². The van der Waals surface area contributed by atoms with Gasteiger partial charge in [0.15, 0.2) is 0 Å². The molecule has 1 heterocycles. The largest absolute Gasteiger partial charge is 0.399 e. The van der Waals surface area contributed by atoms with Crippen LogP contribution < -0.4 is 16.0 Å². The van der Waals surface area contributed by atoms with Crippen LogP contribution in [0.3, 0.4) is 0 Å². The molecule has 0 spiro atoms. The van der Waals surface area contributed by atoms with Gasteiger partial charge in [-0.05, 0) is 30.7 Å². The third-order valence-corrected chi connectivity index (χ3v) is 4.26. The lowest BCUT2D eigenvalue weighted by Crippen LogP contribution is -2.33. The molecular weight excluding hydrogens is 296 g/mol. The van der Waals surface area contributed by atoms with Gasteiger partial charge in [-0.3, -0.25) is 0 Å². The average Bonchev–Trinajstić information content (AvgIpc) is 2.60. The third kappa shape index (κ3) is 2.37. The molecule has 24 heavy (non-hydrogen) atoms. The summed E-state index contributed by atoms with van der Waals surface area (Å²) in [5.41, 5.74) is 18.8. The van der Waals surface area contributed by atoms with Gasteiger partial charge in [0, 0.05) is 36.0 Å². The molecule has 0 aliphatic heterocycles. The predicted molar refractivity (Wildman–Crippen MR) is 97.8 cm³/mol. The molecule has 0 saturated heterocycles. The molecule has 4 aromatic rings. The van der Waals surface area contributed by atoms with Crippen molar-refractivity contribution in [3.8, 4) is 5.69 Å². The van der Waals surface area contributed by atoms with Gasteiger partial charge in [0.05, 0.1) is 0 Å². The van der Waals surface area contributed by atoms with E-state index in [1.165, 1.54) is 0 Å². The van der Waals surface area contributed by atoms with Gasteiger partial charge in [-0.15, -0.1) is 4.57 Å².